The SMILES string of the molecule is CC(C)CCCC(C)CC(=O)Br. The van der Waals surface area contributed by atoms with Crippen molar-refractivity contribution < 1.29 is 4.79 Å². The Balaban J connectivity index is 3.31. The number of hydrogen-bond acceptors (Lipinski definition) is 1. The summed E-state index contributed by atoms with van der Waals surface area (Å²) >= 11 is 2.96. The number of hydrogen-bond donors (Lipinski definition) is 0. The maximum atomic E-state index is 10.7. The monoisotopic (exact) mass is 234 g/mol. The van der Waals surface area contributed by atoms with E-state index >= 15 is 0 Å². The van der Waals surface area contributed by atoms with Crippen LogP contribution in [-0.2, 0) is 4.79 Å². The van der Waals surface area contributed by atoms with E-state index in [2.05, 4.69) is 36.7 Å². The van der Waals surface area contributed by atoms with Gasteiger partial charge in [-0.2, -0.15) is 0 Å². The van der Waals surface area contributed by atoms with Crippen LogP contribution in [0.15, 0.2) is 0 Å². The van der Waals surface area contributed by atoms with E-state index in [1.807, 2.05) is 0 Å². The summed E-state index contributed by atoms with van der Waals surface area (Å²) in [6, 6.07) is 0. The van der Waals surface area contributed by atoms with E-state index in [0.717, 1.165) is 5.92 Å². The first-order valence-electron chi connectivity index (χ1n) is 4.70. The molecule has 0 aromatic carbocycles. The molecule has 1 atom stereocenters. The molecule has 0 saturated carbocycles. The fourth-order valence-corrected chi connectivity index (χ4v) is 1.80. The first-order chi connectivity index (χ1) is 5.52. The van der Waals surface area contributed by atoms with Gasteiger partial charge in [0.1, 0.15) is 0 Å². The third-order valence-electron chi connectivity index (χ3n) is 1.99. The molecular formula is C10H19BrO. The van der Waals surface area contributed by atoms with Gasteiger partial charge in [0, 0.05) is 6.42 Å². The molecule has 0 bridgehead atoms. The van der Waals surface area contributed by atoms with Crippen LogP contribution in [0.25, 0.3) is 0 Å². The standard InChI is InChI=1S/C10H19BrO/c1-8(2)5-4-6-9(3)7-10(11)12/h8-9H,4-7H2,1-3H3. The zero-order chi connectivity index (χ0) is 9.56. The van der Waals surface area contributed by atoms with Gasteiger partial charge in [-0.15, -0.1) is 0 Å². The molecule has 72 valence electrons. The van der Waals surface area contributed by atoms with Crippen LogP contribution in [0, 0.1) is 11.8 Å². The highest BCUT2D eigenvalue weighted by molar-refractivity contribution is 9.18. The average Bonchev–Trinajstić information content (AvgIpc) is 1.84. The van der Waals surface area contributed by atoms with Gasteiger partial charge in [0.05, 0.1) is 0 Å². The van der Waals surface area contributed by atoms with Crippen LogP contribution in [0.3, 0.4) is 0 Å². The van der Waals surface area contributed by atoms with Crippen molar-refractivity contribution in [3.63, 3.8) is 0 Å². The predicted octanol–water partition coefficient (Wildman–Crippen LogP) is 3.76. The first-order valence-corrected chi connectivity index (χ1v) is 5.50. The average molecular weight is 235 g/mol. The Morgan fingerprint density at radius 3 is 2.25 bits per heavy atom. The first kappa shape index (κ1) is 12.2. The maximum absolute atomic E-state index is 10.7. The molecule has 0 N–H and O–H groups in total. The summed E-state index contributed by atoms with van der Waals surface area (Å²) in [7, 11) is 0. The molecule has 0 aliphatic rings. The van der Waals surface area contributed by atoms with E-state index in [0.29, 0.717) is 12.3 Å². The Morgan fingerprint density at radius 2 is 1.83 bits per heavy atom. The minimum absolute atomic E-state index is 0.138. The highest BCUT2D eigenvalue weighted by Gasteiger charge is 2.06. The third kappa shape index (κ3) is 8.25. The predicted molar refractivity (Wildman–Crippen MR) is 56.4 cm³/mol. The molecule has 12 heavy (non-hydrogen) atoms. The summed E-state index contributed by atoms with van der Waals surface area (Å²) in [6.07, 6.45) is 4.38. The summed E-state index contributed by atoms with van der Waals surface area (Å²) in [6.45, 7) is 6.61. The van der Waals surface area contributed by atoms with Gasteiger partial charge in [0.2, 0.25) is 0 Å². The number of halogens is 1. The fourth-order valence-electron chi connectivity index (χ4n) is 1.25. The van der Waals surface area contributed by atoms with Crippen molar-refractivity contribution in [1.29, 1.82) is 0 Å². The molecule has 0 aromatic rings. The van der Waals surface area contributed by atoms with E-state index in [9.17, 15) is 4.79 Å². The molecule has 0 rings (SSSR count). The van der Waals surface area contributed by atoms with Crippen molar-refractivity contribution in [2.75, 3.05) is 0 Å². The highest BCUT2D eigenvalue weighted by Crippen LogP contribution is 2.16. The largest absolute Gasteiger partial charge is 0.287 e. The van der Waals surface area contributed by atoms with Gasteiger partial charge in [-0.05, 0) is 27.8 Å². The van der Waals surface area contributed by atoms with E-state index in [4.69, 9.17) is 0 Å². The summed E-state index contributed by atoms with van der Waals surface area (Å²) < 4.78 is 0.138. The Labute approximate surface area is 84.1 Å². The van der Waals surface area contributed by atoms with Gasteiger partial charge in [-0.25, -0.2) is 0 Å². The van der Waals surface area contributed by atoms with Crippen molar-refractivity contribution >= 4 is 20.6 Å². The quantitative estimate of drug-likeness (QED) is 0.640. The molecule has 0 aliphatic heterocycles. The number of carbonyl (C=O) groups excluding carboxylic acids is 1. The zero-order valence-corrected chi connectivity index (χ0v) is 9.86. The summed E-state index contributed by atoms with van der Waals surface area (Å²) in [5.41, 5.74) is 0. The molecule has 0 heterocycles. The fraction of sp³-hybridized carbons (Fsp3) is 0.900. The van der Waals surface area contributed by atoms with Crippen molar-refractivity contribution in [3.05, 3.63) is 0 Å². The van der Waals surface area contributed by atoms with Crippen molar-refractivity contribution in [3.8, 4) is 0 Å². The molecule has 1 unspecified atom stereocenters. The minimum Gasteiger partial charge on any atom is -0.287 e. The zero-order valence-electron chi connectivity index (χ0n) is 8.27. The molecule has 0 amide bonds. The summed E-state index contributed by atoms with van der Waals surface area (Å²) in [5.74, 6) is 1.33. The lowest BCUT2D eigenvalue weighted by atomic mass is 9.98. The molecule has 1 nitrogen and oxygen atoms in total. The van der Waals surface area contributed by atoms with Gasteiger partial charge in [-0.1, -0.05) is 40.0 Å². The van der Waals surface area contributed by atoms with Crippen molar-refractivity contribution in [2.24, 2.45) is 11.8 Å². The summed E-state index contributed by atoms with van der Waals surface area (Å²) in [5, 5.41) is 0. The van der Waals surface area contributed by atoms with E-state index < -0.39 is 0 Å². The molecule has 0 aromatic heterocycles. The Bertz CT molecular complexity index is 132. The highest BCUT2D eigenvalue weighted by atomic mass is 79.9. The van der Waals surface area contributed by atoms with Crippen LogP contribution >= 0.6 is 15.9 Å². The Morgan fingerprint density at radius 1 is 1.25 bits per heavy atom. The van der Waals surface area contributed by atoms with Crippen LogP contribution in [0.5, 0.6) is 0 Å². The molecule has 0 radical (unpaired) electrons. The van der Waals surface area contributed by atoms with Gasteiger partial charge in [0.15, 0.2) is 4.69 Å². The van der Waals surface area contributed by atoms with Gasteiger partial charge >= 0.3 is 0 Å². The van der Waals surface area contributed by atoms with E-state index in [1.54, 1.807) is 0 Å². The van der Waals surface area contributed by atoms with Crippen LogP contribution in [0.2, 0.25) is 0 Å². The van der Waals surface area contributed by atoms with Gasteiger partial charge < -0.3 is 0 Å². The molecule has 0 aliphatic carbocycles. The second-order valence-electron chi connectivity index (χ2n) is 3.99. The molecule has 0 saturated heterocycles. The molecule has 0 fully saturated rings. The minimum atomic E-state index is 0.138. The van der Waals surface area contributed by atoms with Crippen LogP contribution in [0.1, 0.15) is 46.5 Å². The number of carbonyl (C=O) groups is 1. The lowest BCUT2D eigenvalue weighted by Crippen LogP contribution is -2.00. The Hall–Kier alpha value is 0.150. The lowest BCUT2D eigenvalue weighted by Gasteiger charge is -2.09. The van der Waals surface area contributed by atoms with Gasteiger partial charge in [-0.3, -0.25) is 4.79 Å². The molecule has 2 heteroatoms. The number of rotatable bonds is 6. The summed E-state index contributed by atoms with van der Waals surface area (Å²) in [4.78, 5) is 10.7. The second kappa shape index (κ2) is 6.64. The Kier molecular flexibility index (Phi) is 6.73. The van der Waals surface area contributed by atoms with Crippen molar-refractivity contribution in [2.45, 2.75) is 46.5 Å². The van der Waals surface area contributed by atoms with Crippen LogP contribution < -0.4 is 0 Å². The van der Waals surface area contributed by atoms with Crippen LogP contribution in [0.4, 0.5) is 0 Å². The van der Waals surface area contributed by atoms with E-state index in [1.165, 1.54) is 19.3 Å². The smallest absolute Gasteiger partial charge is 0.198 e. The topological polar surface area (TPSA) is 17.1 Å². The maximum Gasteiger partial charge on any atom is 0.198 e. The van der Waals surface area contributed by atoms with Gasteiger partial charge in [0.25, 0.3) is 0 Å². The molecule has 0 spiro atoms. The second-order valence-corrected chi connectivity index (χ2v) is 4.87. The van der Waals surface area contributed by atoms with Crippen LogP contribution in [-0.4, -0.2) is 4.69 Å². The van der Waals surface area contributed by atoms with E-state index in [-0.39, 0.29) is 4.69 Å². The third-order valence-corrected chi connectivity index (χ3v) is 2.31. The normalized spacial score (nSPS) is 13.4. The van der Waals surface area contributed by atoms with Crippen molar-refractivity contribution in [1.82, 2.24) is 0 Å². The molecular weight excluding hydrogens is 216 g/mol. The lowest BCUT2D eigenvalue weighted by molar-refractivity contribution is -0.111.